The highest BCUT2D eigenvalue weighted by atomic mass is 35.5. The molecule has 0 spiro atoms. The summed E-state index contributed by atoms with van der Waals surface area (Å²) in [6.07, 6.45) is 8.66. The van der Waals surface area contributed by atoms with Gasteiger partial charge >= 0.3 is 0 Å². The molecule has 0 aromatic heterocycles. The lowest BCUT2D eigenvalue weighted by Crippen LogP contribution is -2.50. The number of nitrogens with one attached hydrogen (secondary N) is 2. The maximum atomic E-state index is 12.0. The van der Waals surface area contributed by atoms with Gasteiger partial charge in [-0.15, -0.1) is 12.4 Å². The number of amides is 1. The molecule has 1 amide bonds. The molecule has 1 saturated heterocycles. The number of hydrogen-bond acceptors (Lipinski definition) is 2. The Hall–Kier alpha value is -0.280. The third-order valence-corrected chi connectivity index (χ3v) is 4.10. The second kappa shape index (κ2) is 7.22. The highest BCUT2D eigenvalue weighted by Gasteiger charge is 2.26. The summed E-state index contributed by atoms with van der Waals surface area (Å²) in [4.78, 5) is 12.0. The van der Waals surface area contributed by atoms with Gasteiger partial charge in [-0.05, 0) is 45.1 Å². The minimum absolute atomic E-state index is 0. The Morgan fingerprint density at radius 1 is 1.18 bits per heavy atom. The van der Waals surface area contributed by atoms with Crippen molar-refractivity contribution in [3.05, 3.63) is 0 Å². The SMILES string of the molecule is CC(NC(=O)[C@@H]1CCCCN1)C1CCCC1.Cl. The van der Waals surface area contributed by atoms with E-state index >= 15 is 0 Å². The van der Waals surface area contributed by atoms with Gasteiger partial charge in [0.15, 0.2) is 0 Å². The quantitative estimate of drug-likeness (QED) is 0.817. The van der Waals surface area contributed by atoms with Crippen molar-refractivity contribution in [2.45, 2.75) is 64.0 Å². The monoisotopic (exact) mass is 260 g/mol. The third-order valence-electron chi connectivity index (χ3n) is 4.10. The van der Waals surface area contributed by atoms with Crippen molar-refractivity contribution in [1.82, 2.24) is 10.6 Å². The molecule has 0 bridgehead atoms. The van der Waals surface area contributed by atoms with Crippen LogP contribution in [0.1, 0.15) is 51.9 Å². The average Bonchev–Trinajstić information content (AvgIpc) is 2.83. The molecule has 2 atom stereocenters. The van der Waals surface area contributed by atoms with Crippen LogP contribution in [0.4, 0.5) is 0 Å². The largest absolute Gasteiger partial charge is 0.352 e. The molecule has 100 valence electrons. The van der Waals surface area contributed by atoms with Gasteiger partial charge in [0, 0.05) is 6.04 Å². The van der Waals surface area contributed by atoms with Crippen molar-refractivity contribution in [2.24, 2.45) is 5.92 Å². The number of halogens is 1. The van der Waals surface area contributed by atoms with Crippen molar-refractivity contribution >= 4 is 18.3 Å². The van der Waals surface area contributed by atoms with Crippen LogP contribution in [0.25, 0.3) is 0 Å². The summed E-state index contributed by atoms with van der Waals surface area (Å²) in [6.45, 7) is 3.16. The van der Waals surface area contributed by atoms with Crippen molar-refractivity contribution in [3.63, 3.8) is 0 Å². The molecular weight excluding hydrogens is 236 g/mol. The van der Waals surface area contributed by atoms with E-state index in [1.165, 1.54) is 38.5 Å². The van der Waals surface area contributed by atoms with Crippen molar-refractivity contribution in [2.75, 3.05) is 6.54 Å². The lowest BCUT2D eigenvalue weighted by Gasteiger charge is -2.26. The minimum atomic E-state index is 0. The lowest BCUT2D eigenvalue weighted by molar-refractivity contribution is -0.124. The Bertz CT molecular complexity index is 236. The topological polar surface area (TPSA) is 41.1 Å². The van der Waals surface area contributed by atoms with Crippen LogP contribution in [0.2, 0.25) is 0 Å². The number of hydrogen-bond donors (Lipinski definition) is 2. The van der Waals surface area contributed by atoms with Crippen LogP contribution >= 0.6 is 12.4 Å². The second-order valence-corrected chi connectivity index (χ2v) is 5.34. The molecule has 1 aliphatic carbocycles. The molecule has 1 unspecified atom stereocenters. The predicted octanol–water partition coefficient (Wildman–Crippen LogP) is 2.25. The minimum Gasteiger partial charge on any atom is -0.352 e. The van der Waals surface area contributed by atoms with E-state index in [0.717, 1.165) is 13.0 Å². The van der Waals surface area contributed by atoms with E-state index < -0.39 is 0 Å². The standard InChI is InChI=1S/C13H24N2O.ClH/c1-10(11-6-2-3-7-11)15-13(16)12-8-4-5-9-14-12;/h10-12,14H,2-9H2,1H3,(H,15,16);1H/t10?,12-;/m0./s1. The Morgan fingerprint density at radius 2 is 1.82 bits per heavy atom. The van der Waals surface area contributed by atoms with Crippen molar-refractivity contribution < 1.29 is 4.79 Å². The molecule has 0 radical (unpaired) electrons. The zero-order valence-corrected chi connectivity index (χ0v) is 11.5. The van der Waals surface area contributed by atoms with Crippen LogP contribution in [0.3, 0.4) is 0 Å². The molecular formula is C13H25ClN2O. The fourth-order valence-electron chi connectivity index (χ4n) is 2.98. The first-order valence-electron chi connectivity index (χ1n) is 6.81. The van der Waals surface area contributed by atoms with Gasteiger partial charge < -0.3 is 10.6 Å². The van der Waals surface area contributed by atoms with Gasteiger partial charge in [-0.25, -0.2) is 0 Å². The van der Waals surface area contributed by atoms with E-state index in [2.05, 4.69) is 17.6 Å². The van der Waals surface area contributed by atoms with Crippen LogP contribution in [0.5, 0.6) is 0 Å². The molecule has 1 heterocycles. The van der Waals surface area contributed by atoms with Gasteiger partial charge in [-0.3, -0.25) is 4.79 Å². The molecule has 2 rings (SSSR count). The Kier molecular flexibility index (Phi) is 6.28. The zero-order chi connectivity index (χ0) is 11.4. The summed E-state index contributed by atoms with van der Waals surface area (Å²) in [5, 5.41) is 6.49. The zero-order valence-electron chi connectivity index (χ0n) is 10.7. The summed E-state index contributed by atoms with van der Waals surface area (Å²) in [5.41, 5.74) is 0. The number of carbonyl (C=O) groups excluding carboxylic acids is 1. The van der Waals surface area contributed by atoms with Crippen molar-refractivity contribution in [3.8, 4) is 0 Å². The summed E-state index contributed by atoms with van der Waals surface area (Å²) >= 11 is 0. The third kappa shape index (κ3) is 4.14. The summed E-state index contributed by atoms with van der Waals surface area (Å²) < 4.78 is 0. The lowest BCUT2D eigenvalue weighted by atomic mass is 9.98. The van der Waals surface area contributed by atoms with E-state index in [-0.39, 0.29) is 24.4 Å². The maximum absolute atomic E-state index is 12.0. The van der Waals surface area contributed by atoms with Crippen LogP contribution in [-0.4, -0.2) is 24.5 Å². The van der Waals surface area contributed by atoms with Gasteiger partial charge in [0.1, 0.15) is 0 Å². The van der Waals surface area contributed by atoms with E-state index in [1.54, 1.807) is 0 Å². The molecule has 2 N–H and O–H groups in total. The number of piperidine rings is 1. The van der Waals surface area contributed by atoms with E-state index in [1.807, 2.05) is 0 Å². The Balaban J connectivity index is 0.00000144. The second-order valence-electron chi connectivity index (χ2n) is 5.34. The summed E-state index contributed by atoms with van der Waals surface area (Å²) in [5.74, 6) is 0.937. The Morgan fingerprint density at radius 3 is 2.41 bits per heavy atom. The summed E-state index contributed by atoms with van der Waals surface area (Å²) in [7, 11) is 0. The van der Waals surface area contributed by atoms with E-state index in [4.69, 9.17) is 0 Å². The highest BCUT2D eigenvalue weighted by Crippen LogP contribution is 2.27. The predicted molar refractivity (Wildman–Crippen MR) is 72.5 cm³/mol. The normalized spacial score (nSPS) is 27.2. The Labute approximate surface area is 111 Å². The molecule has 0 aromatic rings. The van der Waals surface area contributed by atoms with E-state index in [9.17, 15) is 4.79 Å². The van der Waals surface area contributed by atoms with Crippen LogP contribution in [0, 0.1) is 5.92 Å². The summed E-state index contributed by atoms with van der Waals surface area (Å²) in [6, 6.07) is 0.427. The van der Waals surface area contributed by atoms with Gasteiger partial charge in [-0.1, -0.05) is 19.3 Å². The van der Waals surface area contributed by atoms with Gasteiger partial charge in [0.2, 0.25) is 5.91 Å². The molecule has 4 heteroatoms. The van der Waals surface area contributed by atoms with Crippen LogP contribution in [0.15, 0.2) is 0 Å². The van der Waals surface area contributed by atoms with E-state index in [0.29, 0.717) is 12.0 Å². The maximum Gasteiger partial charge on any atom is 0.237 e. The van der Waals surface area contributed by atoms with Gasteiger partial charge in [-0.2, -0.15) is 0 Å². The first kappa shape index (κ1) is 14.8. The molecule has 2 fully saturated rings. The smallest absolute Gasteiger partial charge is 0.237 e. The van der Waals surface area contributed by atoms with Gasteiger partial charge in [0.05, 0.1) is 6.04 Å². The van der Waals surface area contributed by atoms with Crippen LogP contribution < -0.4 is 10.6 Å². The molecule has 0 aromatic carbocycles. The number of carbonyl (C=O) groups is 1. The molecule has 3 nitrogen and oxygen atoms in total. The van der Waals surface area contributed by atoms with Crippen LogP contribution in [-0.2, 0) is 4.79 Å². The molecule has 1 aliphatic heterocycles. The first-order valence-corrected chi connectivity index (χ1v) is 6.81. The highest BCUT2D eigenvalue weighted by molar-refractivity contribution is 5.85. The molecule has 17 heavy (non-hydrogen) atoms. The first-order chi connectivity index (χ1) is 7.77. The molecule has 2 aliphatic rings. The molecule has 1 saturated carbocycles. The van der Waals surface area contributed by atoms with Crippen molar-refractivity contribution in [1.29, 1.82) is 0 Å². The average molecular weight is 261 g/mol. The fourth-order valence-corrected chi connectivity index (χ4v) is 2.98. The fraction of sp³-hybridized carbons (Fsp3) is 0.923. The van der Waals surface area contributed by atoms with Gasteiger partial charge in [0.25, 0.3) is 0 Å². The number of rotatable bonds is 3.